The molecule has 0 radical (unpaired) electrons. The van der Waals surface area contributed by atoms with Crippen LogP contribution in [0.5, 0.6) is 0 Å². The van der Waals surface area contributed by atoms with Crippen LogP contribution in [0.1, 0.15) is 15.2 Å². The highest BCUT2D eigenvalue weighted by atomic mass is 35.5. The maximum Gasteiger partial charge on any atom is 0.349 e. The number of nitrogens with one attached hydrogen (secondary N) is 2. The maximum atomic E-state index is 13.2. The molecule has 0 spiro atoms. The zero-order valence-corrected chi connectivity index (χ0v) is 19.6. The van der Waals surface area contributed by atoms with E-state index in [9.17, 15) is 9.18 Å². The van der Waals surface area contributed by atoms with Crippen LogP contribution in [0, 0.1) is 5.82 Å². The number of esters is 1. The monoisotopic (exact) mass is 508 g/mol. The third kappa shape index (κ3) is 4.86. The molecule has 0 aliphatic rings. The fourth-order valence-electron chi connectivity index (χ4n) is 3.00. The van der Waals surface area contributed by atoms with Gasteiger partial charge >= 0.3 is 5.97 Å². The Morgan fingerprint density at radius 3 is 2.75 bits per heavy atom. The van der Waals surface area contributed by atoms with E-state index in [4.69, 9.17) is 40.2 Å². The van der Waals surface area contributed by atoms with Crippen LogP contribution < -0.4 is 10.6 Å². The van der Waals surface area contributed by atoms with Gasteiger partial charge in [-0.25, -0.2) is 9.18 Å². The first-order chi connectivity index (χ1) is 15.3. The van der Waals surface area contributed by atoms with Gasteiger partial charge in [-0.2, -0.15) is 5.10 Å². The van der Waals surface area contributed by atoms with Crippen LogP contribution in [0.3, 0.4) is 0 Å². The summed E-state index contributed by atoms with van der Waals surface area (Å²) in [5, 5.41) is 12.3. The van der Waals surface area contributed by atoms with Crippen LogP contribution in [-0.4, -0.2) is 28.0 Å². The summed E-state index contributed by atoms with van der Waals surface area (Å²) in [6, 6.07) is 9.73. The molecule has 0 aliphatic heterocycles. The van der Waals surface area contributed by atoms with E-state index in [0.717, 1.165) is 21.3 Å². The maximum absolute atomic E-state index is 13.2. The molecule has 11 heteroatoms. The van der Waals surface area contributed by atoms with Crippen molar-refractivity contribution < 1.29 is 13.9 Å². The van der Waals surface area contributed by atoms with Gasteiger partial charge in [0.05, 0.1) is 30.6 Å². The Hall–Kier alpha value is -2.72. The Kier molecular flexibility index (Phi) is 6.61. The second-order valence-corrected chi connectivity index (χ2v) is 8.93. The van der Waals surface area contributed by atoms with Crippen molar-refractivity contribution in [1.29, 1.82) is 0 Å². The van der Waals surface area contributed by atoms with Crippen LogP contribution >= 0.6 is 46.8 Å². The van der Waals surface area contributed by atoms with Gasteiger partial charge in [0.15, 0.2) is 5.11 Å². The lowest BCUT2D eigenvalue weighted by atomic mass is 10.2. The zero-order chi connectivity index (χ0) is 22.8. The lowest BCUT2D eigenvalue weighted by molar-refractivity contribution is 0.0606. The van der Waals surface area contributed by atoms with Gasteiger partial charge in [-0.05, 0) is 48.1 Å². The summed E-state index contributed by atoms with van der Waals surface area (Å²) in [5.74, 6) is -0.857. The molecular weight excluding hydrogens is 494 g/mol. The van der Waals surface area contributed by atoms with Gasteiger partial charge in [0, 0.05) is 27.0 Å². The molecule has 2 aromatic heterocycles. The first-order valence-electron chi connectivity index (χ1n) is 9.19. The number of carbonyl (C=O) groups excluding carboxylic acids is 1. The first kappa shape index (κ1) is 22.5. The van der Waals surface area contributed by atoms with Crippen molar-refractivity contribution >= 4 is 79.3 Å². The van der Waals surface area contributed by atoms with Crippen molar-refractivity contribution in [2.75, 3.05) is 17.7 Å². The number of rotatable bonds is 5. The van der Waals surface area contributed by atoms with Crippen LogP contribution in [-0.2, 0) is 11.3 Å². The van der Waals surface area contributed by atoms with E-state index in [0.29, 0.717) is 32.3 Å². The fourth-order valence-corrected chi connectivity index (χ4v) is 4.93. The molecule has 164 valence electrons. The van der Waals surface area contributed by atoms with Crippen molar-refractivity contribution in [2.45, 2.75) is 6.54 Å². The minimum absolute atomic E-state index is 0.339. The average molecular weight is 509 g/mol. The fraction of sp³-hybridized carbons (Fsp3) is 0.0952. The number of nitrogens with zero attached hydrogens (tertiary/aromatic N) is 2. The largest absolute Gasteiger partial charge is 0.465 e. The molecule has 32 heavy (non-hydrogen) atoms. The topological polar surface area (TPSA) is 68.2 Å². The third-order valence-electron chi connectivity index (χ3n) is 4.50. The van der Waals surface area contributed by atoms with Crippen molar-refractivity contribution in [3.8, 4) is 0 Å². The number of halogens is 3. The van der Waals surface area contributed by atoms with Crippen molar-refractivity contribution in [3.05, 3.63) is 75.1 Å². The molecule has 6 nitrogen and oxygen atoms in total. The van der Waals surface area contributed by atoms with Gasteiger partial charge in [-0.3, -0.25) is 4.68 Å². The molecule has 0 saturated carbocycles. The van der Waals surface area contributed by atoms with Gasteiger partial charge in [0.2, 0.25) is 0 Å². The molecule has 0 fully saturated rings. The number of carbonyl (C=O) groups is 1. The number of methoxy groups -OCH3 is 1. The Labute approximate surface area is 201 Å². The van der Waals surface area contributed by atoms with Crippen molar-refractivity contribution in [3.63, 3.8) is 0 Å². The molecule has 4 aromatic rings. The van der Waals surface area contributed by atoms with Crippen LogP contribution in [0.25, 0.3) is 10.1 Å². The van der Waals surface area contributed by atoms with E-state index >= 15 is 0 Å². The summed E-state index contributed by atoms with van der Waals surface area (Å²) < 4.78 is 20.5. The summed E-state index contributed by atoms with van der Waals surface area (Å²) in [5.41, 5.74) is 2.15. The smallest absolute Gasteiger partial charge is 0.349 e. The number of aromatic nitrogens is 2. The summed E-state index contributed by atoms with van der Waals surface area (Å²) in [7, 11) is 1.32. The third-order valence-corrected chi connectivity index (χ3v) is 6.69. The van der Waals surface area contributed by atoms with Crippen molar-refractivity contribution in [2.24, 2.45) is 0 Å². The number of thiocarbonyl (C=S) groups is 1. The van der Waals surface area contributed by atoms with Crippen molar-refractivity contribution in [1.82, 2.24) is 9.78 Å². The highest BCUT2D eigenvalue weighted by Gasteiger charge is 2.18. The van der Waals surface area contributed by atoms with Gasteiger partial charge < -0.3 is 15.4 Å². The lowest BCUT2D eigenvalue weighted by Crippen LogP contribution is -2.18. The Bertz CT molecular complexity index is 1340. The highest BCUT2D eigenvalue weighted by Crippen LogP contribution is 2.37. The molecule has 2 aromatic carbocycles. The molecule has 4 rings (SSSR count). The molecule has 0 unspecified atom stereocenters. The van der Waals surface area contributed by atoms with E-state index in [1.807, 2.05) is 18.2 Å². The quantitative estimate of drug-likeness (QED) is 0.247. The second kappa shape index (κ2) is 9.41. The molecular formula is C21H15Cl2FN4O2S2. The number of anilines is 2. The number of hydrogen-bond acceptors (Lipinski definition) is 5. The van der Waals surface area contributed by atoms with Crippen LogP contribution in [0.4, 0.5) is 15.8 Å². The zero-order valence-electron chi connectivity index (χ0n) is 16.5. The molecule has 0 aliphatic carbocycles. The second-order valence-electron chi connectivity index (χ2n) is 6.69. The molecule has 0 saturated heterocycles. The summed E-state index contributed by atoms with van der Waals surface area (Å²) in [6.07, 6.45) is 3.38. The van der Waals surface area contributed by atoms with Gasteiger partial charge in [0.1, 0.15) is 10.7 Å². The number of thiophene rings is 1. The normalized spacial score (nSPS) is 10.9. The molecule has 0 amide bonds. The predicted octanol–water partition coefficient (Wildman–Crippen LogP) is 6.19. The molecule has 0 bridgehead atoms. The van der Waals surface area contributed by atoms with E-state index in [1.165, 1.54) is 30.6 Å². The van der Waals surface area contributed by atoms with E-state index < -0.39 is 5.97 Å². The minimum Gasteiger partial charge on any atom is -0.465 e. The number of benzene rings is 2. The Morgan fingerprint density at radius 1 is 1.22 bits per heavy atom. The van der Waals surface area contributed by atoms with E-state index in [1.54, 1.807) is 23.1 Å². The first-order valence-corrected chi connectivity index (χ1v) is 11.2. The Morgan fingerprint density at radius 2 is 2.00 bits per heavy atom. The van der Waals surface area contributed by atoms with Gasteiger partial charge in [0.25, 0.3) is 0 Å². The van der Waals surface area contributed by atoms with Gasteiger partial charge in [-0.1, -0.05) is 29.3 Å². The lowest BCUT2D eigenvalue weighted by Gasteiger charge is -2.09. The molecule has 2 N–H and O–H groups in total. The standard InChI is InChI=1S/C21H15Cl2FN4O2S2/c1-30-20(29)19-18(23)15-5-4-13(7-17(15)32-19)26-21(31)27-14-8-25-28(10-14)9-11-2-3-12(24)6-16(11)22/h2-8,10H,9H2,1H3,(H2,26,27,31). The highest BCUT2D eigenvalue weighted by molar-refractivity contribution is 7.80. The van der Waals surface area contributed by atoms with E-state index in [-0.39, 0.29) is 5.82 Å². The minimum atomic E-state index is -0.471. The van der Waals surface area contributed by atoms with Crippen LogP contribution in [0.2, 0.25) is 10.0 Å². The number of ether oxygens (including phenoxy) is 1. The number of hydrogen-bond donors (Lipinski definition) is 2. The number of fused-ring (bicyclic) bond motifs is 1. The SMILES string of the molecule is COC(=O)c1sc2cc(NC(=S)Nc3cnn(Cc4ccc(F)cc4Cl)c3)ccc2c1Cl. The Balaban J connectivity index is 1.42. The average Bonchev–Trinajstić information content (AvgIpc) is 3.33. The molecule has 2 heterocycles. The summed E-state index contributed by atoms with van der Waals surface area (Å²) in [4.78, 5) is 12.2. The van der Waals surface area contributed by atoms with Gasteiger partial charge in [-0.15, -0.1) is 11.3 Å². The summed E-state index contributed by atoms with van der Waals surface area (Å²) >= 11 is 19.0. The predicted molar refractivity (Wildman–Crippen MR) is 131 cm³/mol. The molecule has 0 atom stereocenters. The summed E-state index contributed by atoms with van der Waals surface area (Å²) in [6.45, 7) is 0.388. The van der Waals surface area contributed by atoms with Crippen LogP contribution in [0.15, 0.2) is 48.8 Å². The van der Waals surface area contributed by atoms with E-state index in [2.05, 4.69) is 15.7 Å².